The first-order valence-corrected chi connectivity index (χ1v) is 6.76. The number of hydrogen-bond acceptors (Lipinski definition) is 4. The van der Waals surface area contributed by atoms with Crippen molar-refractivity contribution in [1.29, 1.82) is 0 Å². The number of carboxylic acid groups (broad SMARTS) is 1. The lowest BCUT2D eigenvalue weighted by atomic mass is 9.89. The number of nitrogens with zero attached hydrogens (tertiary/aromatic N) is 1. The summed E-state index contributed by atoms with van der Waals surface area (Å²) in [7, 11) is 0. The average Bonchev–Trinajstić information content (AvgIpc) is 2.37. The van der Waals surface area contributed by atoms with Gasteiger partial charge in [-0.2, -0.15) is 5.10 Å². The number of halogens is 1. The molecule has 1 aromatic rings. The number of carbonyl (C=O) groups is 1. The van der Waals surface area contributed by atoms with Gasteiger partial charge in [-0.3, -0.25) is 5.43 Å². The molecule has 1 aliphatic rings. The first-order valence-electron chi connectivity index (χ1n) is 6.38. The molecule has 0 saturated heterocycles. The van der Waals surface area contributed by atoms with Gasteiger partial charge >= 0.3 is 0 Å². The van der Waals surface area contributed by atoms with E-state index in [2.05, 4.69) is 17.5 Å². The second-order valence-electron chi connectivity index (χ2n) is 4.97. The number of hydrazone groups is 1. The normalized spacial score (nSPS) is 21.4. The third-order valence-corrected chi connectivity index (χ3v) is 3.61. The first-order chi connectivity index (χ1) is 9.06. The highest BCUT2D eigenvalue weighted by atomic mass is 35.5. The Hall–Kier alpha value is -1.55. The smallest absolute Gasteiger partial charge is 0.0731 e. The highest BCUT2D eigenvalue weighted by molar-refractivity contribution is 6.33. The monoisotopic (exact) mass is 279 g/mol. The van der Waals surface area contributed by atoms with E-state index in [1.807, 2.05) is 0 Å². The number of benzene rings is 1. The molecule has 0 spiro atoms. The first kappa shape index (κ1) is 13.9. The summed E-state index contributed by atoms with van der Waals surface area (Å²) in [5, 5.41) is 15.4. The van der Waals surface area contributed by atoms with Gasteiger partial charge < -0.3 is 9.90 Å². The fourth-order valence-corrected chi connectivity index (χ4v) is 2.45. The zero-order chi connectivity index (χ0) is 13.8. The Balaban J connectivity index is 2.09. The standard InChI is InChI=1S/C14H17ClN2O2/c1-9-3-2-4-10(7-9)16-17-11-5-6-13(15)12(8-11)14(18)19/h5-6,8-9,17H,2-4,7H2,1H3,(H,18,19)/p-1/b16-10-/t9-/m1/s1. The molecule has 0 unspecified atom stereocenters. The zero-order valence-electron chi connectivity index (χ0n) is 10.8. The van der Waals surface area contributed by atoms with Crippen LogP contribution in [0.4, 0.5) is 5.69 Å². The molecule has 5 heteroatoms. The van der Waals surface area contributed by atoms with Crippen molar-refractivity contribution in [3.8, 4) is 0 Å². The molecule has 1 saturated carbocycles. The molecule has 19 heavy (non-hydrogen) atoms. The number of anilines is 1. The zero-order valence-corrected chi connectivity index (χ0v) is 11.5. The number of aromatic carboxylic acids is 1. The largest absolute Gasteiger partial charge is 0.545 e. The van der Waals surface area contributed by atoms with E-state index in [4.69, 9.17) is 11.6 Å². The molecule has 2 rings (SSSR count). The van der Waals surface area contributed by atoms with E-state index in [-0.39, 0.29) is 10.6 Å². The SMILES string of the molecule is C[C@@H]1CCC/C(=N/Nc2ccc(Cl)c(C(=O)[O-])c2)C1. The molecule has 0 amide bonds. The van der Waals surface area contributed by atoms with E-state index in [1.54, 1.807) is 6.07 Å². The van der Waals surface area contributed by atoms with Crippen molar-refractivity contribution in [1.82, 2.24) is 0 Å². The summed E-state index contributed by atoms with van der Waals surface area (Å²) in [6.45, 7) is 2.21. The number of carboxylic acids is 1. The highest BCUT2D eigenvalue weighted by Gasteiger charge is 2.13. The number of nitrogens with one attached hydrogen (secondary N) is 1. The van der Waals surface area contributed by atoms with Crippen LogP contribution in [0.5, 0.6) is 0 Å². The number of hydrogen-bond donors (Lipinski definition) is 1. The molecular formula is C14H16ClN2O2-. The van der Waals surface area contributed by atoms with E-state index in [9.17, 15) is 9.90 Å². The Labute approximate surface area is 117 Å². The van der Waals surface area contributed by atoms with E-state index in [0.717, 1.165) is 25.0 Å². The summed E-state index contributed by atoms with van der Waals surface area (Å²) in [5.74, 6) is -0.620. The van der Waals surface area contributed by atoms with Gasteiger partial charge in [-0.05, 0) is 49.8 Å². The van der Waals surface area contributed by atoms with Crippen molar-refractivity contribution in [2.24, 2.45) is 11.0 Å². The maximum Gasteiger partial charge on any atom is 0.0731 e. The third kappa shape index (κ3) is 3.70. The summed E-state index contributed by atoms with van der Waals surface area (Å²) in [5.41, 5.74) is 4.61. The van der Waals surface area contributed by atoms with Crippen LogP contribution in [0.25, 0.3) is 0 Å². The van der Waals surface area contributed by atoms with Gasteiger partial charge in [0.2, 0.25) is 0 Å². The lowest BCUT2D eigenvalue weighted by Gasteiger charge is -2.19. The molecule has 4 nitrogen and oxygen atoms in total. The molecular weight excluding hydrogens is 264 g/mol. The molecule has 0 radical (unpaired) electrons. The molecule has 1 aliphatic carbocycles. The molecule has 0 heterocycles. The van der Waals surface area contributed by atoms with Gasteiger partial charge in [0.1, 0.15) is 0 Å². The Bertz CT molecular complexity index is 514. The van der Waals surface area contributed by atoms with Gasteiger partial charge in [0, 0.05) is 16.3 Å². The van der Waals surface area contributed by atoms with E-state index < -0.39 is 5.97 Å². The van der Waals surface area contributed by atoms with Gasteiger partial charge in [-0.1, -0.05) is 18.5 Å². The van der Waals surface area contributed by atoms with Crippen LogP contribution in [0.15, 0.2) is 23.3 Å². The van der Waals surface area contributed by atoms with Crippen molar-refractivity contribution in [2.45, 2.75) is 32.6 Å². The lowest BCUT2D eigenvalue weighted by molar-refractivity contribution is -0.255. The summed E-state index contributed by atoms with van der Waals surface area (Å²) in [6, 6.07) is 4.66. The van der Waals surface area contributed by atoms with Crippen molar-refractivity contribution in [2.75, 3.05) is 5.43 Å². The Kier molecular flexibility index (Phi) is 4.43. The number of rotatable bonds is 3. The molecule has 1 fully saturated rings. The minimum atomic E-state index is -1.28. The topological polar surface area (TPSA) is 64.5 Å². The second kappa shape index (κ2) is 6.06. The highest BCUT2D eigenvalue weighted by Crippen LogP contribution is 2.23. The van der Waals surface area contributed by atoms with E-state index in [1.165, 1.54) is 18.6 Å². The van der Waals surface area contributed by atoms with Gasteiger partial charge in [-0.15, -0.1) is 0 Å². The quantitative estimate of drug-likeness (QED) is 0.865. The minimum Gasteiger partial charge on any atom is -0.545 e. The van der Waals surface area contributed by atoms with Gasteiger partial charge in [0.25, 0.3) is 0 Å². The molecule has 1 N–H and O–H groups in total. The van der Waals surface area contributed by atoms with Crippen molar-refractivity contribution in [3.63, 3.8) is 0 Å². The maximum atomic E-state index is 10.9. The molecule has 1 aromatic carbocycles. The van der Waals surface area contributed by atoms with Gasteiger partial charge in [0.05, 0.1) is 11.7 Å². The molecule has 1 atom stereocenters. The Morgan fingerprint density at radius 1 is 1.53 bits per heavy atom. The van der Waals surface area contributed by atoms with Crippen LogP contribution in [0.1, 0.15) is 43.0 Å². The van der Waals surface area contributed by atoms with E-state index in [0.29, 0.717) is 11.6 Å². The number of carbonyl (C=O) groups excluding carboxylic acids is 1. The molecule has 0 bridgehead atoms. The summed E-state index contributed by atoms with van der Waals surface area (Å²) >= 11 is 5.77. The minimum absolute atomic E-state index is 0.0242. The second-order valence-corrected chi connectivity index (χ2v) is 5.38. The molecule has 102 valence electrons. The van der Waals surface area contributed by atoms with Gasteiger partial charge in [-0.25, -0.2) is 0 Å². The van der Waals surface area contributed by atoms with E-state index >= 15 is 0 Å². The van der Waals surface area contributed by atoms with Crippen LogP contribution >= 0.6 is 11.6 Å². The predicted octanol–water partition coefficient (Wildman–Crippen LogP) is 2.68. The average molecular weight is 280 g/mol. The van der Waals surface area contributed by atoms with Crippen molar-refractivity contribution < 1.29 is 9.90 Å². The van der Waals surface area contributed by atoms with Crippen LogP contribution < -0.4 is 10.5 Å². The summed E-state index contributed by atoms with van der Waals surface area (Å²) in [6.07, 6.45) is 4.40. The lowest BCUT2D eigenvalue weighted by Crippen LogP contribution is -2.22. The fourth-order valence-electron chi connectivity index (χ4n) is 2.26. The van der Waals surface area contributed by atoms with Crippen LogP contribution in [-0.4, -0.2) is 11.7 Å². The van der Waals surface area contributed by atoms with Crippen LogP contribution in [0, 0.1) is 5.92 Å². The molecule has 0 aromatic heterocycles. The summed E-state index contributed by atoms with van der Waals surface area (Å²) < 4.78 is 0. The fraction of sp³-hybridized carbons (Fsp3) is 0.429. The summed E-state index contributed by atoms with van der Waals surface area (Å²) in [4.78, 5) is 10.9. The Morgan fingerprint density at radius 3 is 3.00 bits per heavy atom. The van der Waals surface area contributed by atoms with Crippen molar-refractivity contribution >= 4 is 29.0 Å². The van der Waals surface area contributed by atoms with Gasteiger partial charge in [0.15, 0.2) is 0 Å². The van der Waals surface area contributed by atoms with Crippen LogP contribution in [0.2, 0.25) is 5.02 Å². The van der Waals surface area contributed by atoms with Crippen LogP contribution in [-0.2, 0) is 0 Å². The van der Waals surface area contributed by atoms with Crippen molar-refractivity contribution in [3.05, 3.63) is 28.8 Å². The third-order valence-electron chi connectivity index (χ3n) is 3.28. The Morgan fingerprint density at radius 2 is 2.32 bits per heavy atom. The molecule has 0 aliphatic heterocycles. The van der Waals surface area contributed by atoms with Crippen LogP contribution in [0.3, 0.4) is 0 Å². The predicted molar refractivity (Wildman–Crippen MR) is 74.5 cm³/mol. The maximum absolute atomic E-state index is 10.9.